The standard InChI is InChI=1S/C45H78O2/c1-7-8-9-10-11-12-13-14-15-16-17-18-19-20-21-25-43(46)47-38-30-32-44(5)37(34-38)26-27-39-41-29-28-40(36(4)24-22-23-35(2)3)45(41,6)33-31-42(39)44/h14-15,26,35-36,38-42H,7-13,16-25,27-34H2,1-6H3/b15-14-/t36-,38+,39+,40-,41+,42+,44+,45-/m1/s1/i26D,30D,38D/t30-,36+,38-,39-,40+,41-,42-,44-,45+/m0. The molecule has 4 rings (SSSR count). The van der Waals surface area contributed by atoms with Crippen LogP contribution in [0.2, 0.25) is 0 Å². The molecule has 0 N–H and O–H groups in total. The van der Waals surface area contributed by atoms with Crippen molar-refractivity contribution < 1.29 is 13.6 Å². The minimum Gasteiger partial charge on any atom is -0.462 e. The zero-order valence-corrected chi connectivity index (χ0v) is 32.0. The van der Waals surface area contributed by atoms with Crippen molar-refractivity contribution in [3.63, 3.8) is 0 Å². The summed E-state index contributed by atoms with van der Waals surface area (Å²) in [6.07, 6.45) is 29.1. The van der Waals surface area contributed by atoms with Gasteiger partial charge in [-0.1, -0.05) is 136 Å². The van der Waals surface area contributed by atoms with Gasteiger partial charge in [0.15, 0.2) is 0 Å². The molecule has 0 amide bonds. The van der Waals surface area contributed by atoms with Gasteiger partial charge in [-0.2, -0.15) is 0 Å². The average molecular weight is 654 g/mol. The SMILES string of the molecule is [2H]C1=C2C[C@@]([2H])(OC(=O)CCCCCCC/C=C\CCCCCCCC)[C@@H]([2H])C[C@]2(C)[C@H]2CC[C@]3(C)[C@@H]([C@H](C)CCCC(C)C)CC[C@H]3[C@@H]2C1. The van der Waals surface area contributed by atoms with Gasteiger partial charge in [0, 0.05) is 14.2 Å². The first kappa shape index (κ1) is 34.4. The van der Waals surface area contributed by atoms with Gasteiger partial charge in [-0.15, -0.1) is 0 Å². The van der Waals surface area contributed by atoms with Crippen LogP contribution in [0, 0.1) is 46.3 Å². The summed E-state index contributed by atoms with van der Waals surface area (Å²) >= 11 is 0. The lowest BCUT2D eigenvalue weighted by atomic mass is 9.47. The molecule has 0 spiro atoms. The molecule has 47 heavy (non-hydrogen) atoms. The number of allylic oxidation sites excluding steroid dienone is 3. The molecule has 0 unspecified atom stereocenters. The fourth-order valence-corrected chi connectivity index (χ4v) is 10.8. The molecular formula is C45H78O2. The largest absolute Gasteiger partial charge is 0.462 e. The Kier molecular flexibility index (Phi) is 14.2. The highest BCUT2D eigenvalue weighted by atomic mass is 16.5. The summed E-state index contributed by atoms with van der Waals surface area (Å²) in [5, 5.41) is 0. The molecule has 3 saturated carbocycles. The van der Waals surface area contributed by atoms with E-state index in [0.717, 1.165) is 55.4 Å². The molecular weight excluding hydrogens is 572 g/mol. The van der Waals surface area contributed by atoms with Crippen molar-refractivity contribution in [2.75, 3.05) is 0 Å². The molecule has 0 bridgehead atoms. The Bertz CT molecular complexity index is 1120. The Balaban J connectivity index is 1.22. The lowest BCUT2D eigenvalue weighted by Crippen LogP contribution is -2.51. The van der Waals surface area contributed by atoms with Crippen LogP contribution in [0.3, 0.4) is 0 Å². The maximum absolute atomic E-state index is 13.0. The molecule has 3 fully saturated rings. The van der Waals surface area contributed by atoms with Gasteiger partial charge in [0.05, 0.1) is 2.74 Å². The van der Waals surface area contributed by atoms with E-state index in [1.807, 2.05) is 0 Å². The number of unbranched alkanes of at least 4 members (excludes halogenated alkanes) is 11. The summed E-state index contributed by atoms with van der Waals surface area (Å²) in [6.45, 7) is 14.4. The molecule has 0 saturated heterocycles. The van der Waals surface area contributed by atoms with Crippen molar-refractivity contribution in [2.24, 2.45) is 46.3 Å². The van der Waals surface area contributed by atoms with Crippen LogP contribution >= 0.6 is 0 Å². The quantitative estimate of drug-likeness (QED) is 0.0700. The minimum absolute atomic E-state index is 0.227. The van der Waals surface area contributed by atoms with Crippen LogP contribution in [0.5, 0.6) is 0 Å². The topological polar surface area (TPSA) is 26.3 Å². The fourth-order valence-electron chi connectivity index (χ4n) is 10.8. The Morgan fingerprint density at radius 1 is 0.915 bits per heavy atom. The lowest BCUT2D eigenvalue weighted by molar-refractivity contribution is -0.151. The highest BCUT2D eigenvalue weighted by Crippen LogP contribution is 2.67. The predicted molar refractivity (Wildman–Crippen MR) is 202 cm³/mol. The van der Waals surface area contributed by atoms with E-state index in [-0.39, 0.29) is 17.8 Å². The van der Waals surface area contributed by atoms with Crippen LogP contribution in [0.15, 0.2) is 23.8 Å². The predicted octanol–water partition coefficient (Wildman–Crippen LogP) is 14.0. The molecule has 0 aromatic carbocycles. The van der Waals surface area contributed by atoms with E-state index in [4.69, 9.17) is 6.11 Å². The molecule has 270 valence electrons. The van der Waals surface area contributed by atoms with Crippen LogP contribution in [0.4, 0.5) is 0 Å². The summed E-state index contributed by atoms with van der Waals surface area (Å²) in [5.41, 5.74) is 1.17. The molecule has 0 aromatic rings. The van der Waals surface area contributed by atoms with Crippen molar-refractivity contribution in [1.82, 2.24) is 0 Å². The molecule has 4 aliphatic carbocycles. The number of carbonyl (C=O) groups is 1. The van der Waals surface area contributed by atoms with E-state index in [1.165, 1.54) is 103 Å². The zero-order chi connectivity index (χ0) is 36.4. The highest BCUT2D eigenvalue weighted by Gasteiger charge is 2.59. The van der Waals surface area contributed by atoms with E-state index in [1.54, 1.807) is 0 Å². The number of esters is 1. The van der Waals surface area contributed by atoms with E-state index >= 15 is 0 Å². The Morgan fingerprint density at radius 2 is 1.60 bits per heavy atom. The van der Waals surface area contributed by atoms with Gasteiger partial charge in [-0.3, -0.25) is 4.79 Å². The smallest absolute Gasteiger partial charge is 0.306 e. The second kappa shape index (κ2) is 19.4. The first-order chi connectivity index (χ1) is 23.9. The van der Waals surface area contributed by atoms with E-state index in [2.05, 4.69) is 53.7 Å². The second-order valence-electron chi connectivity index (χ2n) is 17.5. The van der Waals surface area contributed by atoms with Gasteiger partial charge in [0.1, 0.15) is 6.08 Å². The number of carbonyl (C=O) groups excluding carboxylic acids is 1. The van der Waals surface area contributed by atoms with Crippen LogP contribution < -0.4 is 0 Å². The monoisotopic (exact) mass is 654 g/mol. The van der Waals surface area contributed by atoms with Gasteiger partial charge < -0.3 is 4.74 Å². The van der Waals surface area contributed by atoms with Gasteiger partial charge >= 0.3 is 5.97 Å². The summed E-state index contributed by atoms with van der Waals surface area (Å²) in [4.78, 5) is 13.0. The van der Waals surface area contributed by atoms with E-state index < -0.39 is 12.5 Å². The molecule has 2 heteroatoms. The summed E-state index contributed by atoms with van der Waals surface area (Å²) in [7, 11) is 0. The maximum Gasteiger partial charge on any atom is 0.306 e. The molecule has 0 heterocycles. The number of hydrogen-bond acceptors (Lipinski definition) is 2. The average Bonchev–Trinajstić information content (AvgIpc) is 3.41. The molecule has 0 aliphatic heterocycles. The number of ether oxygens (including phenoxy) is 1. The normalized spacial score (nSPS) is 36.8. The van der Waals surface area contributed by atoms with Gasteiger partial charge in [0.2, 0.25) is 0 Å². The first-order valence-electron chi connectivity index (χ1n) is 22.4. The molecule has 9 atom stereocenters. The third-order valence-electron chi connectivity index (χ3n) is 13.7. The maximum atomic E-state index is 13.0. The fraction of sp³-hybridized carbons (Fsp3) is 0.889. The van der Waals surface area contributed by atoms with Gasteiger partial charge in [-0.05, 0) is 123 Å². The summed E-state index contributed by atoms with van der Waals surface area (Å²) in [5.74, 6) is 3.65. The second-order valence-corrected chi connectivity index (χ2v) is 17.5. The van der Waals surface area contributed by atoms with E-state index in [9.17, 15) is 7.54 Å². The van der Waals surface area contributed by atoms with Crippen molar-refractivity contribution in [3.8, 4) is 0 Å². The van der Waals surface area contributed by atoms with Crippen LogP contribution in [0.25, 0.3) is 0 Å². The van der Waals surface area contributed by atoms with Crippen molar-refractivity contribution in [3.05, 3.63) is 23.8 Å². The Labute approximate surface area is 297 Å². The first-order valence-corrected chi connectivity index (χ1v) is 20.8. The van der Waals surface area contributed by atoms with Crippen LogP contribution in [0.1, 0.15) is 206 Å². The van der Waals surface area contributed by atoms with Crippen molar-refractivity contribution in [2.45, 2.75) is 208 Å². The minimum atomic E-state index is -1.57. The van der Waals surface area contributed by atoms with E-state index in [0.29, 0.717) is 42.1 Å². The van der Waals surface area contributed by atoms with Crippen molar-refractivity contribution in [1.29, 1.82) is 0 Å². The van der Waals surface area contributed by atoms with Crippen LogP contribution in [-0.4, -0.2) is 12.0 Å². The Morgan fingerprint density at radius 3 is 2.30 bits per heavy atom. The van der Waals surface area contributed by atoms with Crippen LogP contribution in [-0.2, 0) is 9.53 Å². The van der Waals surface area contributed by atoms with Crippen molar-refractivity contribution >= 4 is 5.97 Å². The third kappa shape index (κ3) is 10.7. The molecule has 0 aromatic heterocycles. The highest BCUT2D eigenvalue weighted by molar-refractivity contribution is 5.69. The summed E-state index contributed by atoms with van der Waals surface area (Å²) < 4.78 is 33.6. The zero-order valence-electron chi connectivity index (χ0n) is 35.0. The number of rotatable bonds is 21. The molecule has 2 nitrogen and oxygen atoms in total. The molecule has 4 aliphatic rings. The lowest BCUT2D eigenvalue weighted by Gasteiger charge is -2.58. The van der Waals surface area contributed by atoms with Gasteiger partial charge in [0.25, 0.3) is 0 Å². The van der Waals surface area contributed by atoms with Gasteiger partial charge in [-0.25, -0.2) is 0 Å². The third-order valence-corrected chi connectivity index (χ3v) is 13.7. The summed E-state index contributed by atoms with van der Waals surface area (Å²) in [6, 6.07) is 0.697. The number of hydrogen-bond donors (Lipinski definition) is 0. The Hall–Kier alpha value is -1.05. The molecule has 0 radical (unpaired) electrons. The number of fused-ring (bicyclic) bond motifs is 5.